The minimum absolute atomic E-state index is 0.00211. The molecule has 0 aliphatic carbocycles. The predicted molar refractivity (Wildman–Crippen MR) is 148 cm³/mol. The van der Waals surface area contributed by atoms with E-state index in [-0.39, 0.29) is 34.9 Å². The molecule has 0 aromatic carbocycles. The summed E-state index contributed by atoms with van der Waals surface area (Å²) in [5.41, 5.74) is 2.01. The molecule has 0 spiro atoms. The van der Waals surface area contributed by atoms with Gasteiger partial charge < -0.3 is 18.5 Å². The van der Waals surface area contributed by atoms with Gasteiger partial charge in [-0.25, -0.2) is 4.79 Å². The number of hydrogen-bond donors (Lipinski definition) is 0. The predicted octanol–water partition coefficient (Wildman–Crippen LogP) is 6.27. The van der Waals surface area contributed by atoms with Crippen molar-refractivity contribution in [1.29, 1.82) is 0 Å². The van der Waals surface area contributed by atoms with Crippen LogP contribution >= 0.6 is 0 Å². The highest BCUT2D eigenvalue weighted by molar-refractivity contribution is 6.74. The number of carbonyl (C=O) groups excluding carboxylic acids is 1. The fourth-order valence-corrected chi connectivity index (χ4v) is 6.00. The average molecular weight is 524 g/mol. The summed E-state index contributed by atoms with van der Waals surface area (Å²) in [5, 5.41) is 5.02. The van der Waals surface area contributed by atoms with E-state index in [9.17, 15) is 4.79 Å². The molecule has 2 rings (SSSR count). The molecule has 1 saturated heterocycles. The SMILES string of the molecule is C=CCOC(=O)N1C[C@H](O[Si](C)(C)C(C)(C)C)C[C@H]1Cc1cc(CO[Si](C)(C)C(C)(C)C)n(C)n1. The lowest BCUT2D eigenvalue weighted by molar-refractivity contribution is 0.103. The Morgan fingerprint density at radius 2 is 1.74 bits per heavy atom. The molecule has 1 aromatic heterocycles. The molecule has 1 aliphatic heterocycles. The maximum atomic E-state index is 12.9. The van der Waals surface area contributed by atoms with Gasteiger partial charge in [0.15, 0.2) is 16.6 Å². The van der Waals surface area contributed by atoms with Crippen molar-refractivity contribution in [3.05, 3.63) is 30.1 Å². The zero-order chi connectivity index (χ0) is 26.8. The molecule has 9 heteroatoms. The van der Waals surface area contributed by atoms with E-state index in [0.717, 1.165) is 17.8 Å². The zero-order valence-electron chi connectivity index (χ0n) is 24.0. The average Bonchev–Trinajstić information content (AvgIpc) is 3.25. The van der Waals surface area contributed by atoms with Gasteiger partial charge in [-0.3, -0.25) is 4.68 Å². The quantitative estimate of drug-likeness (QED) is 0.282. The van der Waals surface area contributed by atoms with Crippen LogP contribution in [0.4, 0.5) is 4.79 Å². The lowest BCUT2D eigenvalue weighted by Crippen LogP contribution is -2.44. The highest BCUT2D eigenvalue weighted by Crippen LogP contribution is 2.39. The van der Waals surface area contributed by atoms with Crippen molar-refractivity contribution in [3.63, 3.8) is 0 Å². The van der Waals surface area contributed by atoms with Gasteiger partial charge in [0.05, 0.1) is 24.1 Å². The number of carbonyl (C=O) groups is 1. The van der Waals surface area contributed by atoms with Crippen molar-refractivity contribution in [2.24, 2.45) is 7.05 Å². The molecular formula is C26H49N3O4Si2. The zero-order valence-corrected chi connectivity index (χ0v) is 26.0. The highest BCUT2D eigenvalue weighted by atomic mass is 28.4. The molecule has 0 bridgehead atoms. The Hall–Kier alpha value is -1.43. The van der Waals surface area contributed by atoms with Gasteiger partial charge in [-0.1, -0.05) is 54.2 Å². The second-order valence-electron chi connectivity index (χ2n) is 12.9. The molecular weight excluding hydrogens is 474 g/mol. The summed E-state index contributed by atoms with van der Waals surface area (Å²) in [5.74, 6) is 0. The number of aryl methyl sites for hydroxylation is 1. The Labute approximate surface area is 215 Å². The Morgan fingerprint density at radius 3 is 2.29 bits per heavy atom. The highest BCUT2D eigenvalue weighted by Gasteiger charge is 2.44. The van der Waals surface area contributed by atoms with Crippen LogP contribution in [0.25, 0.3) is 0 Å². The summed E-state index contributed by atoms with van der Waals surface area (Å²) in [6, 6.07) is 2.09. The minimum atomic E-state index is -1.96. The lowest BCUT2D eigenvalue weighted by Gasteiger charge is -2.38. The first-order chi connectivity index (χ1) is 15.9. The molecule has 0 unspecified atom stereocenters. The number of hydrogen-bond acceptors (Lipinski definition) is 5. The van der Waals surface area contributed by atoms with E-state index in [1.807, 2.05) is 16.6 Å². The van der Waals surface area contributed by atoms with Crippen LogP contribution in [-0.2, 0) is 33.7 Å². The van der Waals surface area contributed by atoms with Crippen LogP contribution in [0.1, 0.15) is 59.4 Å². The molecule has 1 fully saturated rings. The van der Waals surface area contributed by atoms with Gasteiger partial charge in [0.25, 0.3) is 0 Å². The third-order valence-corrected chi connectivity index (χ3v) is 17.1. The molecule has 0 radical (unpaired) electrons. The first-order valence-electron chi connectivity index (χ1n) is 12.8. The third-order valence-electron chi connectivity index (χ3n) is 8.06. The Morgan fingerprint density at radius 1 is 1.14 bits per heavy atom. The lowest BCUT2D eigenvalue weighted by atomic mass is 10.1. The van der Waals surface area contributed by atoms with Crippen molar-refractivity contribution in [2.75, 3.05) is 13.2 Å². The van der Waals surface area contributed by atoms with E-state index in [0.29, 0.717) is 19.6 Å². The summed E-state index contributed by atoms with van der Waals surface area (Å²) in [6.45, 7) is 27.5. The Balaban J connectivity index is 2.16. The Bertz CT molecular complexity index is 884. The van der Waals surface area contributed by atoms with Crippen LogP contribution < -0.4 is 0 Å². The van der Waals surface area contributed by atoms with Crippen LogP contribution in [-0.4, -0.2) is 62.7 Å². The van der Waals surface area contributed by atoms with Gasteiger partial charge in [0.2, 0.25) is 0 Å². The fraction of sp³-hybridized carbons (Fsp3) is 0.769. The van der Waals surface area contributed by atoms with Gasteiger partial charge in [0.1, 0.15) is 6.61 Å². The smallest absolute Gasteiger partial charge is 0.410 e. The van der Waals surface area contributed by atoms with E-state index in [2.05, 4.69) is 80.4 Å². The summed E-state index contributed by atoms with van der Waals surface area (Å²) >= 11 is 0. The number of aromatic nitrogens is 2. The van der Waals surface area contributed by atoms with Crippen molar-refractivity contribution >= 4 is 22.7 Å². The first-order valence-corrected chi connectivity index (χ1v) is 18.6. The largest absolute Gasteiger partial charge is 0.445 e. The number of ether oxygens (including phenoxy) is 1. The molecule has 1 aliphatic rings. The molecule has 35 heavy (non-hydrogen) atoms. The first kappa shape index (κ1) is 29.8. The van der Waals surface area contributed by atoms with Gasteiger partial charge in [-0.15, -0.1) is 0 Å². The van der Waals surface area contributed by atoms with Gasteiger partial charge in [0, 0.05) is 26.1 Å². The topological polar surface area (TPSA) is 65.8 Å². The summed E-state index contributed by atoms with van der Waals surface area (Å²) in [6.07, 6.45) is 2.73. The molecule has 0 saturated carbocycles. The number of rotatable bonds is 9. The van der Waals surface area contributed by atoms with E-state index < -0.39 is 16.6 Å². The van der Waals surface area contributed by atoms with E-state index >= 15 is 0 Å². The van der Waals surface area contributed by atoms with E-state index in [1.165, 1.54) is 0 Å². The van der Waals surface area contributed by atoms with Crippen LogP contribution in [0.2, 0.25) is 36.3 Å². The molecule has 0 N–H and O–H groups in total. The molecule has 200 valence electrons. The Kier molecular flexibility index (Phi) is 9.28. The van der Waals surface area contributed by atoms with E-state index in [4.69, 9.17) is 18.7 Å². The molecule has 2 heterocycles. The molecule has 7 nitrogen and oxygen atoms in total. The van der Waals surface area contributed by atoms with Gasteiger partial charge in [-0.05, 0) is 48.8 Å². The van der Waals surface area contributed by atoms with Gasteiger partial charge in [-0.2, -0.15) is 5.10 Å². The minimum Gasteiger partial charge on any atom is -0.445 e. The van der Waals surface area contributed by atoms with Crippen LogP contribution in [0.15, 0.2) is 18.7 Å². The molecule has 2 atom stereocenters. The van der Waals surface area contributed by atoms with Crippen molar-refractivity contribution in [3.8, 4) is 0 Å². The standard InChI is InChI=1S/C26H49N3O4Si2/c1-13-14-31-24(30)29-18-23(33-35(11,12)26(5,6)7)17-21(29)15-20-16-22(28(8)27-20)19-32-34(9,10)25(2,3)4/h13,16,21,23H,1,14-15,17-19H2,2-12H3/t21-,23-/m1/s1. The van der Waals surface area contributed by atoms with Crippen LogP contribution in [0.3, 0.4) is 0 Å². The number of amides is 1. The molecule has 1 aromatic rings. The van der Waals surface area contributed by atoms with Gasteiger partial charge >= 0.3 is 6.09 Å². The monoisotopic (exact) mass is 523 g/mol. The van der Waals surface area contributed by atoms with Crippen molar-refractivity contribution < 1.29 is 18.4 Å². The third kappa shape index (κ3) is 7.53. The number of likely N-dealkylation sites (tertiary alicyclic amines) is 1. The second-order valence-corrected chi connectivity index (χ2v) is 22.5. The van der Waals surface area contributed by atoms with Crippen LogP contribution in [0.5, 0.6) is 0 Å². The summed E-state index contributed by atoms with van der Waals surface area (Å²) < 4.78 is 20.4. The maximum absolute atomic E-state index is 12.9. The van der Waals surface area contributed by atoms with Crippen LogP contribution in [0, 0.1) is 0 Å². The fourth-order valence-electron chi connectivity index (χ4n) is 3.70. The molecule has 1 amide bonds. The normalized spacial score (nSPS) is 19.8. The van der Waals surface area contributed by atoms with Crippen molar-refractivity contribution in [1.82, 2.24) is 14.7 Å². The summed E-state index contributed by atoms with van der Waals surface area (Å²) in [4.78, 5) is 14.7. The second kappa shape index (κ2) is 10.9. The van der Waals surface area contributed by atoms with E-state index in [1.54, 1.807) is 6.08 Å². The number of nitrogens with zero attached hydrogens (tertiary/aromatic N) is 3. The van der Waals surface area contributed by atoms with Crippen molar-refractivity contribution in [2.45, 2.75) is 109 Å². The maximum Gasteiger partial charge on any atom is 0.410 e. The summed E-state index contributed by atoms with van der Waals surface area (Å²) in [7, 11) is -1.85.